The summed E-state index contributed by atoms with van der Waals surface area (Å²) in [6.07, 6.45) is 2.86. The number of carbonyl (C=O) groups excluding carboxylic acids is 1. The Morgan fingerprint density at radius 1 is 1.35 bits per heavy atom. The van der Waals surface area contributed by atoms with Gasteiger partial charge in [-0.05, 0) is 43.0 Å². The molecule has 0 unspecified atom stereocenters. The van der Waals surface area contributed by atoms with E-state index >= 15 is 0 Å². The van der Waals surface area contributed by atoms with Crippen molar-refractivity contribution in [1.29, 1.82) is 0 Å². The van der Waals surface area contributed by atoms with Crippen molar-refractivity contribution in [3.8, 4) is 5.75 Å². The Morgan fingerprint density at radius 3 is 2.88 bits per heavy atom. The molecule has 2 rings (SSSR count). The van der Waals surface area contributed by atoms with Crippen LogP contribution in [0.1, 0.15) is 30.9 Å². The molecule has 1 aromatic rings. The molecule has 4 heteroatoms. The van der Waals surface area contributed by atoms with Crippen LogP contribution in [0.2, 0.25) is 0 Å². The molecular weight excluding hydrogens is 218 g/mol. The molecule has 0 spiro atoms. The molecule has 1 aliphatic rings. The average molecular weight is 233 g/mol. The number of hydrogen-bond donors (Lipinski definition) is 0. The van der Waals surface area contributed by atoms with Gasteiger partial charge in [0.2, 0.25) is 0 Å². The van der Waals surface area contributed by atoms with Gasteiger partial charge >= 0.3 is 5.97 Å². The lowest BCUT2D eigenvalue weighted by molar-refractivity contribution is -0.140. The van der Waals surface area contributed by atoms with Gasteiger partial charge in [-0.25, -0.2) is 4.79 Å². The molecule has 0 fully saturated rings. The zero-order valence-electron chi connectivity index (χ0n) is 10.0. The standard InChI is InChI=1S/C13H15NO3/c1-9(15)17-14-13-5-3-4-10-8-11(16-2)6-7-12(10)13/h6-8H,3-5H2,1-2H3. The van der Waals surface area contributed by atoms with Crippen LogP contribution in [-0.2, 0) is 16.1 Å². The van der Waals surface area contributed by atoms with E-state index in [0.29, 0.717) is 0 Å². The van der Waals surface area contributed by atoms with Crippen LogP contribution in [0.25, 0.3) is 0 Å². The minimum absolute atomic E-state index is 0.391. The molecule has 0 amide bonds. The van der Waals surface area contributed by atoms with E-state index in [-0.39, 0.29) is 0 Å². The van der Waals surface area contributed by atoms with Crippen molar-refractivity contribution in [3.63, 3.8) is 0 Å². The molecule has 0 heterocycles. The van der Waals surface area contributed by atoms with Gasteiger partial charge in [-0.1, -0.05) is 5.16 Å². The van der Waals surface area contributed by atoms with Crippen LogP contribution in [0.3, 0.4) is 0 Å². The Bertz CT molecular complexity index is 466. The summed E-state index contributed by atoms with van der Waals surface area (Å²) in [6.45, 7) is 1.35. The van der Waals surface area contributed by atoms with Crippen molar-refractivity contribution in [2.45, 2.75) is 26.2 Å². The second-order valence-electron chi connectivity index (χ2n) is 4.00. The summed E-state index contributed by atoms with van der Waals surface area (Å²) in [5.74, 6) is 0.454. The third-order valence-electron chi connectivity index (χ3n) is 2.77. The van der Waals surface area contributed by atoms with Crippen molar-refractivity contribution in [3.05, 3.63) is 29.3 Å². The van der Waals surface area contributed by atoms with Crippen molar-refractivity contribution >= 4 is 11.7 Å². The van der Waals surface area contributed by atoms with Crippen LogP contribution in [0.5, 0.6) is 5.75 Å². The summed E-state index contributed by atoms with van der Waals surface area (Å²) in [7, 11) is 1.65. The molecule has 0 aromatic heterocycles. The molecule has 1 aromatic carbocycles. The van der Waals surface area contributed by atoms with Gasteiger partial charge in [0.1, 0.15) is 5.75 Å². The molecule has 0 bridgehead atoms. The highest BCUT2D eigenvalue weighted by Gasteiger charge is 2.16. The first-order chi connectivity index (χ1) is 8.20. The summed E-state index contributed by atoms with van der Waals surface area (Å²) in [5.41, 5.74) is 3.09. The van der Waals surface area contributed by atoms with E-state index in [1.165, 1.54) is 12.5 Å². The molecule has 4 nitrogen and oxygen atoms in total. The van der Waals surface area contributed by atoms with E-state index in [2.05, 4.69) is 5.16 Å². The number of fused-ring (bicyclic) bond motifs is 1. The monoisotopic (exact) mass is 233 g/mol. The zero-order valence-corrected chi connectivity index (χ0v) is 10.0. The van der Waals surface area contributed by atoms with Gasteiger partial charge in [0.25, 0.3) is 0 Å². The van der Waals surface area contributed by atoms with Gasteiger partial charge < -0.3 is 9.57 Å². The highest BCUT2D eigenvalue weighted by molar-refractivity contribution is 6.02. The number of rotatable bonds is 2. The van der Waals surface area contributed by atoms with Crippen LogP contribution in [0.4, 0.5) is 0 Å². The summed E-state index contributed by atoms with van der Waals surface area (Å²) in [4.78, 5) is 15.5. The molecular formula is C13H15NO3. The van der Waals surface area contributed by atoms with E-state index < -0.39 is 5.97 Å². The Morgan fingerprint density at radius 2 is 2.18 bits per heavy atom. The molecule has 0 saturated carbocycles. The number of oxime groups is 1. The van der Waals surface area contributed by atoms with Crippen LogP contribution in [0, 0.1) is 0 Å². The van der Waals surface area contributed by atoms with Crippen LogP contribution in [-0.4, -0.2) is 18.8 Å². The van der Waals surface area contributed by atoms with E-state index in [0.717, 1.165) is 36.3 Å². The van der Waals surface area contributed by atoms with Crippen molar-refractivity contribution in [2.75, 3.05) is 7.11 Å². The lowest BCUT2D eigenvalue weighted by Gasteiger charge is -2.17. The first-order valence-corrected chi connectivity index (χ1v) is 5.62. The average Bonchev–Trinajstić information content (AvgIpc) is 2.35. The molecule has 0 N–H and O–H groups in total. The molecule has 0 aliphatic heterocycles. The summed E-state index contributed by atoms with van der Waals surface area (Å²) < 4.78 is 5.19. The predicted molar refractivity (Wildman–Crippen MR) is 64.2 cm³/mol. The van der Waals surface area contributed by atoms with Crippen molar-refractivity contribution in [2.24, 2.45) is 5.16 Å². The number of benzene rings is 1. The number of hydrogen-bond acceptors (Lipinski definition) is 4. The lowest BCUT2D eigenvalue weighted by atomic mass is 9.90. The zero-order chi connectivity index (χ0) is 12.3. The second kappa shape index (κ2) is 4.99. The fraction of sp³-hybridized carbons (Fsp3) is 0.385. The first kappa shape index (κ1) is 11.6. The number of methoxy groups -OCH3 is 1. The van der Waals surface area contributed by atoms with E-state index in [1.807, 2.05) is 18.2 Å². The maximum absolute atomic E-state index is 10.7. The predicted octanol–water partition coefficient (Wildman–Crippen LogP) is 2.30. The van der Waals surface area contributed by atoms with E-state index in [1.54, 1.807) is 7.11 Å². The van der Waals surface area contributed by atoms with Gasteiger partial charge in [-0.15, -0.1) is 0 Å². The second-order valence-corrected chi connectivity index (χ2v) is 4.00. The quantitative estimate of drug-likeness (QED) is 0.581. The number of carbonyl (C=O) groups is 1. The van der Waals surface area contributed by atoms with Gasteiger partial charge in [0.15, 0.2) is 0 Å². The maximum Gasteiger partial charge on any atom is 0.331 e. The van der Waals surface area contributed by atoms with Crippen molar-refractivity contribution in [1.82, 2.24) is 0 Å². The summed E-state index contributed by atoms with van der Waals surface area (Å²) in [6, 6.07) is 5.88. The molecule has 90 valence electrons. The first-order valence-electron chi connectivity index (χ1n) is 5.62. The largest absolute Gasteiger partial charge is 0.497 e. The number of aryl methyl sites for hydroxylation is 1. The van der Waals surface area contributed by atoms with Gasteiger partial charge in [-0.3, -0.25) is 0 Å². The van der Waals surface area contributed by atoms with E-state index in [9.17, 15) is 4.79 Å². The fourth-order valence-corrected chi connectivity index (χ4v) is 1.98. The normalized spacial score (nSPS) is 16.5. The minimum atomic E-state index is -0.391. The molecule has 0 radical (unpaired) electrons. The van der Waals surface area contributed by atoms with Gasteiger partial charge in [0, 0.05) is 12.5 Å². The van der Waals surface area contributed by atoms with Gasteiger partial charge in [-0.2, -0.15) is 0 Å². The molecule has 0 atom stereocenters. The van der Waals surface area contributed by atoms with E-state index in [4.69, 9.17) is 9.57 Å². The molecule has 1 aliphatic carbocycles. The van der Waals surface area contributed by atoms with Crippen LogP contribution >= 0.6 is 0 Å². The Labute approximate surface area is 100 Å². The fourth-order valence-electron chi connectivity index (χ4n) is 1.98. The van der Waals surface area contributed by atoms with Crippen LogP contribution < -0.4 is 4.74 Å². The molecule has 0 saturated heterocycles. The lowest BCUT2D eigenvalue weighted by Crippen LogP contribution is -2.13. The number of ether oxygens (including phenoxy) is 1. The highest BCUT2D eigenvalue weighted by Crippen LogP contribution is 2.25. The third-order valence-corrected chi connectivity index (χ3v) is 2.77. The van der Waals surface area contributed by atoms with Crippen molar-refractivity contribution < 1.29 is 14.4 Å². The summed E-state index contributed by atoms with van der Waals surface area (Å²) in [5, 5.41) is 3.91. The third kappa shape index (κ3) is 2.64. The Hall–Kier alpha value is -1.84. The topological polar surface area (TPSA) is 47.9 Å². The number of nitrogens with zero attached hydrogens (tertiary/aromatic N) is 1. The smallest absolute Gasteiger partial charge is 0.331 e. The summed E-state index contributed by atoms with van der Waals surface area (Å²) >= 11 is 0. The molecule has 17 heavy (non-hydrogen) atoms. The SMILES string of the molecule is COc1ccc2c(c1)CCCC2=NOC(C)=O. The van der Waals surface area contributed by atoms with Gasteiger partial charge in [0.05, 0.1) is 12.8 Å². The highest BCUT2D eigenvalue weighted by atomic mass is 16.7. The Balaban J connectivity index is 2.31. The Kier molecular flexibility index (Phi) is 3.42. The maximum atomic E-state index is 10.7. The minimum Gasteiger partial charge on any atom is -0.497 e. The van der Waals surface area contributed by atoms with Crippen LogP contribution in [0.15, 0.2) is 23.4 Å².